The van der Waals surface area contributed by atoms with Gasteiger partial charge in [-0.2, -0.15) is 0 Å². The third-order valence-electron chi connectivity index (χ3n) is 6.95. The summed E-state index contributed by atoms with van der Waals surface area (Å²) in [5, 5.41) is 13.8. The first-order valence-corrected chi connectivity index (χ1v) is 12.6. The van der Waals surface area contributed by atoms with Gasteiger partial charge in [-0.15, -0.1) is 0 Å². The molecule has 0 aliphatic carbocycles. The van der Waals surface area contributed by atoms with Gasteiger partial charge in [0.25, 0.3) is 11.8 Å². The van der Waals surface area contributed by atoms with Gasteiger partial charge < -0.3 is 19.0 Å². The number of aliphatic hydroxyl groups is 1. The number of carbonyl (C=O) groups excluding carboxylic acids is 2. The van der Waals surface area contributed by atoms with Crippen molar-refractivity contribution in [2.75, 3.05) is 6.61 Å². The molecule has 0 atom stereocenters. The Balaban J connectivity index is 1.53. The number of para-hydroxylation sites is 1. The number of aryl methyl sites for hydroxylation is 2. The maximum absolute atomic E-state index is 13.3. The first kappa shape index (κ1) is 23.8. The highest BCUT2D eigenvalue weighted by Crippen LogP contribution is 2.37. The second kappa shape index (κ2) is 9.68. The molecule has 0 unspecified atom stereocenters. The number of ether oxygens (including phenoxy) is 1. The largest absolute Gasteiger partial charge is 0.489 e. The van der Waals surface area contributed by atoms with E-state index < -0.39 is 11.8 Å². The van der Waals surface area contributed by atoms with Crippen LogP contribution in [0.5, 0.6) is 5.75 Å². The minimum absolute atomic E-state index is 0.0503. The fraction of sp³-hybridized carbons (Fsp3) is 0.161. The maximum Gasteiger partial charge on any atom is 0.275 e. The Morgan fingerprint density at radius 1 is 0.895 bits per heavy atom. The molecule has 0 bridgehead atoms. The van der Waals surface area contributed by atoms with E-state index in [1.165, 1.54) is 0 Å². The van der Waals surface area contributed by atoms with Crippen molar-refractivity contribution in [2.45, 2.75) is 26.5 Å². The summed E-state index contributed by atoms with van der Waals surface area (Å²) >= 11 is 0. The Morgan fingerprint density at radius 2 is 1.68 bits per heavy atom. The zero-order valence-corrected chi connectivity index (χ0v) is 21.0. The monoisotopic (exact) mass is 505 g/mol. The number of aromatic nitrogens is 2. The van der Waals surface area contributed by atoms with Gasteiger partial charge in [0.1, 0.15) is 18.1 Å². The number of amides is 2. The lowest BCUT2D eigenvalue weighted by atomic mass is 10.0. The number of aliphatic hydroxyl groups excluding tert-OH is 1. The van der Waals surface area contributed by atoms with Crippen LogP contribution in [0.2, 0.25) is 0 Å². The molecule has 0 radical (unpaired) electrons. The fourth-order valence-electron chi connectivity index (χ4n) is 5.23. The first-order chi connectivity index (χ1) is 18.5. The second-order valence-electron chi connectivity index (χ2n) is 9.45. The van der Waals surface area contributed by atoms with Gasteiger partial charge in [-0.3, -0.25) is 14.9 Å². The van der Waals surface area contributed by atoms with Crippen molar-refractivity contribution in [3.8, 4) is 5.75 Å². The van der Waals surface area contributed by atoms with Crippen molar-refractivity contribution >= 4 is 44.9 Å². The van der Waals surface area contributed by atoms with Crippen molar-refractivity contribution in [1.29, 1.82) is 0 Å². The molecule has 0 spiro atoms. The molecule has 0 saturated heterocycles. The summed E-state index contributed by atoms with van der Waals surface area (Å²) in [6.45, 7) is 2.96. The number of carbonyl (C=O) groups is 2. The smallest absolute Gasteiger partial charge is 0.275 e. The summed E-state index contributed by atoms with van der Waals surface area (Å²) in [6.07, 6.45) is 2.46. The maximum atomic E-state index is 13.3. The standard InChI is InChI=1S/C31H27N3O4/c1-20-16-22-10-5-6-11-26(22)34(20)29-28(30(36)32-31(29)37)25-18-33(14-7-15-35)27-13-12-23(17-24(25)27)38-19-21-8-3-2-4-9-21/h2-6,8-13,16-18,35H,7,14-15,19H2,1H3,(H,32,36,37). The van der Waals surface area contributed by atoms with Gasteiger partial charge in [-0.1, -0.05) is 48.5 Å². The molecule has 3 heterocycles. The molecule has 190 valence electrons. The zero-order valence-electron chi connectivity index (χ0n) is 21.0. The van der Waals surface area contributed by atoms with Crippen LogP contribution in [0, 0.1) is 6.92 Å². The molecule has 2 amide bonds. The predicted molar refractivity (Wildman–Crippen MR) is 147 cm³/mol. The fourth-order valence-corrected chi connectivity index (χ4v) is 5.23. The summed E-state index contributed by atoms with van der Waals surface area (Å²) in [5.74, 6) is -0.196. The van der Waals surface area contributed by atoms with E-state index in [1.54, 1.807) is 0 Å². The van der Waals surface area contributed by atoms with E-state index >= 15 is 0 Å². The van der Waals surface area contributed by atoms with Gasteiger partial charge in [0.2, 0.25) is 0 Å². The highest BCUT2D eigenvalue weighted by molar-refractivity contribution is 6.47. The Bertz CT molecular complexity index is 1730. The van der Waals surface area contributed by atoms with E-state index in [1.807, 2.05) is 101 Å². The van der Waals surface area contributed by atoms with Gasteiger partial charge in [0, 0.05) is 46.9 Å². The average molecular weight is 506 g/mol. The minimum atomic E-state index is -0.431. The van der Waals surface area contributed by atoms with Crippen LogP contribution in [0.1, 0.15) is 23.2 Å². The molecule has 1 aliphatic heterocycles. The van der Waals surface area contributed by atoms with Crippen LogP contribution >= 0.6 is 0 Å². The summed E-state index contributed by atoms with van der Waals surface area (Å²) in [4.78, 5) is 26.5. The van der Waals surface area contributed by atoms with Crippen LogP contribution < -0.4 is 10.1 Å². The Kier molecular flexibility index (Phi) is 6.05. The van der Waals surface area contributed by atoms with Crippen LogP contribution in [0.25, 0.3) is 33.1 Å². The summed E-state index contributed by atoms with van der Waals surface area (Å²) in [7, 11) is 0. The third kappa shape index (κ3) is 4.07. The van der Waals surface area contributed by atoms with Crippen LogP contribution in [-0.4, -0.2) is 32.7 Å². The lowest BCUT2D eigenvalue weighted by molar-refractivity contribution is -0.122. The van der Waals surface area contributed by atoms with E-state index in [0.717, 1.165) is 33.1 Å². The molecule has 5 aromatic rings. The topological polar surface area (TPSA) is 85.5 Å². The lowest BCUT2D eigenvalue weighted by Crippen LogP contribution is -2.23. The number of imide groups is 1. The molecule has 7 heteroatoms. The Hall–Kier alpha value is -4.62. The van der Waals surface area contributed by atoms with Crippen molar-refractivity contribution in [2.24, 2.45) is 0 Å². The Labute approximate surface area is 219 Å². The first-order valence-electron chi connectivity index (χ1n) is 12.6. The molecule has 0 saturated carbocycles. The van der Waals surface area contributed by atoms with Gasteiger partial charge in [-0.05, 0) is 49.2 Å². The van der Waals surface area contributed by atoms with Crippen molar-refractivity contribution < 1.29 is 19.4 Å². The molecule has 38 heavy (non-hydrogen) atoms. The van der Waals surface area contributed by atoms with E-state index in [9.17, 15) is 14.7 Å². The van der Waals surface area contributed by atoms with E-state index in [-0.39, 0.29) is 6.61 Å². The molecule has 2 aromatic heterocycles. The number of rotatable bonds is 8. The predicted octanol–water partition coefficient (Wildman–Crippen LogP) is 4.89. The number of fused-ring (bicyclic) bond motifs is 2. The molecule has 2 N–H and O–H groups in total. The van der Waals surface area contributed by atoms with Crippen LogP contribution in [-0.2, 0) is 22.7 Å². The second-order valence-corrected chi connectivity index (χ2v) is 9.45. The lowest BCUT2D eigenvalue weighted by Gasteiger charge is -2.10. The molecular weight excluding hydrogens is 478 g/mol. The molecule has 1 aliphatic rings. The average Bonchev–Trinajstić information content (AvgIpc) is 3.55. The SMILES string of the molecule is Cc1cc2ccccc2n1C1=C(c2cn(CCCO)c3ccc(OCc4ccccc4)cc23)C(=O)NC1=O. The van der Waals surface area contributed by atoms with Crippen molar-refractivity contribution in [1.82, 2.24) is 14.5 Å². The number of nitrogens with one attached hydrogen (secondary N) is 1. The Morgan fingerprint density at radius 3 is 2.50 bits per heavy atom. The van der Waals surface area contributed by atoms with E-state index in [0.29, 0.717) is 42.2 Å². The zero-order chi connectivity index (χ0) is 26.2. The van der Waals surface area contributed by atoms with Gasteiger partial charge >= 0.3 is 0 Å². The van der Waals surface area contributed by atoms with Gasteiger partial charge in [-0.25, -0.2) is 0 Å². The van der Waals surface area contributed by atoms with E-state index in [2.05, 4.69) is 5.32 Å². The van der Waals surface area contributed by atoms with Crippen LogP contribution in [0.3, 0.4) is 0 Å². The molecule has 6 rings (SSSR count). The summed E-state index contributed by atoms with van der Waals surface area (Å²) in [5.41, 5.74) is 4.96. The normalized spacial score (nSPS) is 13.6. The van der Waals surface area contributed by atoms with E-state index in [4.69, 9.17) is 4.74 Å². The molecular formula is C31H27N3O4. The van der Waals surface area contributed by atoms with Crippen LogP contribution in [0.15, 0.2) is 85.1 Å². The highest BCUT2D eigenvalue weighted by atomic mass is 16.5. The number of nitrogens with zero attached hydrogens (tertiary/aromatic N) is 2. The van der Waals surface area contributed by atoms with Crippen molar-refractivity contribution in [3.05, 3.63) is 102 Å². The van der Waals surface area contributed by atoms with Gasteiger partial charge in [0.05, 0.1) is 11.1 Å². The number of hydrogen-bond acceptors (Lipinski definition) is 4. The minimum Gasteiger partial charge on any atom is -0.489 e. The number of hydrogen-bond donors (Lipinski definition) is 2. The van der Waals surface area contributed by atoms with Crippen LogP contribution in [0.4, 0.5) is 0 Å². The van der Waals surface area contributed by atoms with Crippen molar-refractivity contribution in [3.63, 3.8) is 0 Å². The highest BCUT2D eigenvalue weighted by Gasteiger charge is 2.35. The molecule has 7 nitrogen and oxygen atoms in total. The quantitative estimate of drug-likeness (QED) is 0.294. The number of benzene rings is 3. The van der Waals surface area contributed by atoms with Gasteiger partial charge in [0.15, 0.2) is 0 Å². The third-order valence-corrected chi connectivity index (χ3v) is 6.95. The summed E-state index contributed by atoms with van der Waals surface area (Å²) in [6, 6.07) is 25.5. The summed E-state index contributed by atoms with van der Waals surface area (Å²) < 4.78 is 9.97. The molecule has 3 aromatic carbocycles. The molecule has 0 fully saturated rings.